The molecule has 0 amide bonds. The van der Waals surface area contributed by atoms with Crippen molar-refractivity contribution in [1.82, 2.24) is 0 Å². The van der Waals surface area contributed by atoms with Crippen LogP contribution in [-0.2, 0) is 0 Å². The zero-order valence-corrected chi connectivity index (χ0v) is 20.6. The fraction of sp³-hybridized carbons (Fsp3) is 0.500. The van der Waals surface area contributed by atoms with Crippen LogP contribution in [0.1, 0.15) is 86.6 Å². The molecule has 0 aliphatic heterocycles. The highest BCUT2D eigenvalue weighted by Gasteiger charge is 2.30. The molecule has 4 rings (SSSR count). The predicted octanol–water partition coefficient (Wildman–Crippen LogP) is 8.24. The first-order valence-electron chi connectivity index (χ1n) is 13.1. The van der Waals surface area contributed by atoms with Crippen molar-refractivity contribution < 1.29 is 23.0 Å². The van der Waals surface area contributed by atoms with Crippen LogP contribution >= 0.6 is 0 Å². The van der Waals surface area contributed by atoms with Gasteiger partial charge in [0.15, 0.2) is 11.5 Å². The molecule has 0 unspecified atom stereocenters. The largest absolute Gasteiger partial charge is 0.490 e. The number of ether oxygens (including phenoxy) is 2. The normalized spacial score (nSPS) is 24.5. The third-order valence-electron chi connectivity index (χ3n) is 7.88. The lowest BCUT2D eigenvalue weighted by Gasteiger charge is -2.37. The summed E-state index contributed by atoms with van der Waals surface area (Å²) in [7, 11) is 0. The second kappa shape index (κ2) is 11.8. The fourth-order valence-corrected chi connectivity index (χ4v) is 5.74. The molecule has 0 saturated heterocycles. The molecule has 5 heteroatoms. The summed E-state index contributed by atoms with van der Waals surface area (Å²) in [5.41, 5.74) is 1.54. The smallest absolute Gasteiger partial charge is 0.343 e. The summed E-state index contributed by atoms with van der Waals surface area (Å²) < 4.78 is 38.8. The van der Waals surface area contributed by atoms with Crippen LogP contribution in [0.25, 0.3) is 0 Å². The van der Waals surface area contributed by atoms with E-state index in [1.54, 1.807) is 12.1 Å². The molecule has 0 spiro atoms. The Bertz CT molecular complexity index is 1000. The van der Waals surface area contributed by atoms with E-state index >= 15 is 0 Å². The first-order valence-corrected chi connectivity index (χ1v) is 13.1. The van der Waals surface area contributed by atoms with Crippen molar-refractivity contribution in [3.63, 3.8) is 0 Å². The van der Waals surface area contributed by atoms with Gasteiger partial charge in [-0.05, 0) is 111 Å². The molecule has 2 saturated carbocycles. The lowest BCUT2D eigenvalue weighted by Crippen LogP contribution is -2.25. The van der Waals surface area contributed by atoms with Crippen molar-refractivity contribution in [1.29, 1.82) is 0 Å². The number of allylic oxidation sites excluding steroid dienone is 1. The Morgan fingerprint density at radius 3 is 2.06 bits per heavy atom. The van der Waals surface area contributed by atoms with Crippen LogP contribution < -0.4 is 9.47 Å². The van der Waals surface area contributed by atoms with Crippen LogP contribution in [0.3, 0.4) is 0 Å². The number of benzene rings is 2. The van der Waals surface area contributed by atoms with E-state index in [9.17, 15) is 13.6 Å². The highest BCUT2D eigenvalue weighted by atomic mass is 19.2. The van der Waals surface area contributed by atoms with E-state index in [1.165, 1.54) is 69.1 Å². The van der Waals surface area contributed by atoms with Crippen LogP contribution in [0.5, 0.6) is 11.5 Å². The van der Waals surface area contributed by atoms with Gasteiger partial charge in [0.1, 0.15) is 0 Å². The average molecular weight is 483 g/mol. The van der Waals surface area contributed by atoms with Gasteiger partial charge in [-0.15, -0.1) is 6.58 Å². The predicted molar refractivity (Wildman–Crippen MR) is 134 cm³/mol. The Kier molecular flexibility index (Phi) is 8.59. The molecule has 0 N–H and O–H groups in total. The Hall–Kier alpha value is -2.69. The monoisotopic (exact) mass is 482 g/mol. The van der Waals surface area contributed by atoms with Gasteiger partial charge in [-0.2, -0.15) is 8.78 Å². The molecule has 0 radical (unpaired) electrons. The number of rotatable bonds is 8. The van der Waals surface area contributed by atoms with E-state index in [1.807, 2.05) is 19.1 Å². The highest BCUT2D eigenvalue weighted by Crippen LogP contribution is 2.44. The van der Waals surface area contributed by atoms with E-state index in [0.717, 1.165) is 11.8 Å². The average Bonchev–Trinajstić information content (AvgIpc) is 2.91. The molecule has 0 atom stereocenters. The molecular weight excluding hydrogens is 446 g/mol. The maximum absolute atomic E-state index is 14.3. The summed E-state index contributed by atoms with van der Waals surface area (Å²) in [5, 5.41) is 0. The summed E-state index contributed by atoms with van der Waals surface area (Å²) in [6.07, 6.45) is 12.9. The molecule has 2 aliphatic carbocycles. The number of esters is 1. The summed E-state index contributed by atoms with van der Waals surface area (Å²) in [5.74, 6) is -0.807. The first kappa shape index (κ1) is 25.4. The SMILES string of the molecule is C=CC1CCC(C2CCC(c3ccc(C(=O)Oc4ccc(OCCC)c(F)c4F)cc3)CC2)CC1. The summed E-state index contributed by atoms with van der Waals surface area (Å²) >= 11 is 0. The van der Waals surface area contributed by atoms with E-state index in [2.05, 4.69) is 12.7 Å². The van der Waals surface area contributed by atoms with Crippen LogP contribution in [0.15, 0.2) is 49.1 Å². The Morgan fingerprint density at radius 2 is 1.46 bits per heavy atom. The van der Waals surface area contributed by atoms with Crippen molar-refractivity contribution in [3.05, 3.63) is 71.8 Å². The quantitative estimate of drug-likeness (QED) is 0.216. The molecule has 0 heterocycles. The second-order valence-electron chi connectivity index (χ2n) is 10.1. The Labute approximate surface area is 207 Å². The van der Waals surface area contributed by atoms with Crippen molar-refractivity contribution >= 4 is 5.97 Å². The molecule has 2 aromatic rings. The molecule has 35 heavy (non-hydrogen) atoms. The maximum atomic E-state index is 14.3. The van der Waals surface area contributed by atoms with E-state index in [-0.39, 0.29) is 12.4 Å². The lowest BCUT2D eigenvalue weighted by molar-refractivity contribution is 0.0726. The van der Waals surface area contributed by atoms with Gasteiger partial charge < -0.3 is 9.47 Å². The standard InChI is InChI=1S/C30H36F2O3/c1-3-19-34-26-17-18-27(29(32)28(26)31)35-30(33)25-15-13-24(14-16-25)23-11-9-22(10-12-23)21-7-5-20(4-2)6-8-21/h4,13-18,20-23H,2-3,5-12,19H2,1H3. The third kappa shape index (κ3) is 6.12. The van der Waals surface area contributed by atoms with Crippen LogP contribution in [0, 0.1) is 29.4 Å². The minimum absolute atomic E-state index is 0.187. The van der Waals surface area contributed by atoms with Crippen LogP contribution in [0.2, 0.25) is 0 Å². The van der Waals surface area contributed by atoms with Crippen molar-refractivity contribution in [2.24, 2.45) is 17.8 Å². The van der Waals surface area contributed by atoms with Gasteiger partial charge in [-0.1, -0.05) is 25.1 Å². The van der Waals surface area contributed by atoms with Crippen molar-refractivity contribution in [2.45, 2.75) is 70.6 Å². The van der Waals surface area contributed by atoms with Gasteiger partial charge in [-0.25, -0.2) is 4.79 Å². The second-order valence-corrected chi connectivity index (χ2v) is 10.1. The van der Waals surface area contributed by atoms with E-state index in [0.29, 0.717) is 23.8 Å². The van der Waals surface area contributed by atoms with Gasteiger partial charge in [0.25, 0.3) is 0 Å². The maximum Gasteiger partial charge on any atom is 0.343 e. The van der Waals surface area contributed by atoms with E-state index in [4.69, 9.17) is 9.47 Å². The molecule has 3 nitrogen and oxygen atoms in total. The topological polar surface area (TPSA) is 35.5 Å². The number of carbonyl (C=O) groups is 1. The van der Waals surface area contributed by atoms with Gasteiger partial charge in [-0.3, -0.25) is 0 Å². The summed E-state index contributed by atoms with van der Waals surface area (Å²) in [6, 6.07) is 9.87. The zero-order chi connectivity index (χ0) is 24.8. The zero-order valence-electron chi connectivity index (χ0n) is 20.6. The molecule has 2 aliphatic rings. The van der Waals surface area contributed by atoms with E-state index < -0.39 is 23.4 Å². The van der Waals surface area contributed by atoms with Crippen molar-refractivity contribution in [2.75, 3.05) is 6.61 Å². The molecule has 0 bridgehead atoms. The third-order valence-corrected chi connectivity index (χ3v) is 7.88. The van der Waals surface area contributed by atoms with Gasteiger partial charge >= 0.3 is 5.97 Å². The lowest BCUT2D eigenvalue weighted by atomic mass is 9.68. The fourth-order valence-electron chi connectivity index (χ4n) is 5.74. The number of halogens is 2. The highest BCUT2D eigenvalue weighted by molar-refractivity contribution is 5.91. The number of hydrogen-bond acceptors (Lipinski definition) is 3. The first-order chi connectivity index (χ1) is 17.0. The van der Waals surface area contributed by atoms with Gasteiger partial charge in [0.2, 0.25) is 11.6 Å². The molecular formula is C30H36F2O3. The molecule has 2 fully saturated rings. The minimum Gasteiger partial charge on any atom is -0.490 e. The number of carbonyl (C=O) groups excluding carboxylic acids is 1. The van der Waals surface area contributed by atoms with Crippen molar-refractivity contribution in [3.8, 4) is 11.5 Å². The number of hydrogen-bond donors (Lipinski definition) is 0. The molecule has 2 aromatic carbocycles. The Morgan fingerprint density at radius 1 is 0.886 bits per heavy atom. The van der Waals surface area contributed by atoms with Crippen LogP contribution in [0.4, 0.5) is 8.78 Å². The van der Waals surface area contributed by atoms with Gasteiger partial charge in [0, 0.05) is 0 Å². The Balaban J connectivity index is 1.31. The van der Waals surface area contributed by atoms with Crippen LogP contribution in [-0.4, -0.2) is 12.6 Å². The van der Waals surface area contributed by atoms with Gasteiger partial charge in [0.05, 0.1) is 12.2 Å². The minimum atomic E-state index is -1.22. The molecule has 188 valence electrons. The summed E-state index contributed by atoms with van der Waals surface area (Å²) in [6.45, 7) is 6.11. The molecule has 0 aromatic heterocycles. The summed E-state index contributed by atoms with van der Waals surface area (Å²) in [4.78, 5) is 12.5.